The SMILES string of the molecule is COc1cc(-c2oc3cc(O)cc(O)c3c(=O)c2[C@@H]2O[C@H](CO)[C@H](O)[C@H](O)[C@H]2O)cc(OC)c1O. The molecule has 2 aromatic carbocycles. The van der Waals surface area contributed by atoms with Gasteiger partial charge in [-0.1, -0.05) is 0 Å². The average Bonchev–Trinajstić information content (AvgIpc) is 2.83. The van der Waals surface area contributed by atoms with Gasteiger partial charge in [-0.15, -0.1) is 0 Å². The van der Waals surface area contributed by atoms with Gasteiger partial charge < -0.3 is 54.4 Å². The Kier molecular flexibility index (Phi) is 6.49. The van der Waals surface area contributed by atoms with Crippen molar-refractivity contribution in [2.75, 3.05) is 20.8 Å². The normalized spacial score (nSPS) is 24.5. The number of hydrogen-bond acceptors (Lipinski definition) is 12. The molecule has 1 aliphatic heterocycles. The zero-order valence-corrected chi connectivity index (χ0v) is 18.6. The Morgan fingerprint density at radius 1 is 0.914 bits per heavy atom. The highest BCUT2D eigenvalue weighted by Crippen LogP contribution is 2.44. The van der Waals surface area contributed by atoms with Crippen LogP contribution in [0.5, 0.6) is 28.7 Å². The molecule has 0 radical (unpaired) electrons. The first kappa shape index (κ1) is 24.6. The van der Waals surface area contributed by atoms with E-state index in [2.05, 4.69) is 0 Å². The van der Waals surface area contributed by atoms with Crippen LogP contribution < -0.4 is 14.9 Å². The number of rotatable bonds is 5. The van der Waals surface area contributed by atoms with Crippen LogP contribution in [0.4, 0.5) is 0 Å². The standard InChI is InChI=1S/C23H24O12/c1-32-12-3-8(4-13(33-2)17(12)27)22-16(23-21(31)20(30)18(28)14(7-24)35-23)19(29)15-10(26)5-9(25)6-11(15)34-22/h3-6,14,18,20-21,23-28,30-31H,7H2,1-2H3/t14-,18+,20+,21-,23+/m1/s1. The second-order valence-electron chi connectivity index (χ2n) is 7.99. The largest absolute Gasteiger partial charge is 0.508 e. The Hall–Kier alpha value is -3.55. The first-order valence-corrected chi connectivity index (χ1v) is 10.4. The van der Waals surface area contributed by atoms with Gasteiger partial charge in [0.2, 0.25) is 11.2 Å². The zero-order valence-electron chi connectivity index (χ0n) is 18.6. The smallest absolute Gasteiger partial charge is 0.203 e. The van der Waals surface area contributed by atoms with Crippen LogP contribution in [0.2, 0.25) is 0 Å². The van der Waals surface area contributed by atoms with Crippen LogP contribution in [0.25, 0.3) is 22.3 Å². The van der Waals surface area contributed by atoms with Crippen molar-refractivity contribution in [3.05, 3.63) is 40.1 Å². The lowest BCUT2D eigenvalue weighted by molar-refractivity contribution is -0.232. The number of phenols is 3. The summed E-state index contributed by atoms with van der Waals surface area (Å²) in [6, 6.07) is 4.62. The third-order valence-corrected chi connectivity index (χ3v) is 5.91. The third-order valence-electron chi connectivity index (χ3n) is 5.91. The van der Waals surface area contributed by atoms with E-state index < -0.39 is 54.1 Å². The van der Waals surface area contributed by atoms with Gasteiger partial charge in [0.1, 0.15) is 58.7 Å². The van der Waals surface area contributed by atoms with Crippen molar-refractivity contribution in [3.63, 3.8) is 0 Å². The van der Waals surface area contributed by atoms with Crippen LogP contribution in [0.3, 0.4) is 0 Å². The summed E-state index contributed by atoms with van der Waals surface area (Å²) in [7, 11) is 2.56. The quantitative estimate of drug-likeness (QED) is 0.254. The van der Waals surface area contributed by atoms with E-state index in [-0.39, 0.29) is 45.1 Å². The van der Waals surface area contributed by atoms with Crippen molar-refractivity contribution in [1.29, 1.82) is 0 Å². The highest BCUT2D eigenvalue weighted by molar-refractivity contribution is 5.87. The lowest BCUT2D eigenvalue weighted by Gasteiger charge is -2.40. The average molecular weight is 492 g/mol. The van der Waals surface area contributed by atoms with E-state index >= 15 is 0 Å². The molecule has 12 heteroatoms. The van der Waals surface area contributed by atoms with Gasteiger partial charge in [-0.3, -0.25) is 4.79 Å². The summed E-state index contributed by atoms with van der Waals surface area (Å²) in [5, 5.41) is 71.0. The van der Waals surface area contributed by atoms with Gasteiger partial charge in [0.25, 0.3) is 0 Å². The number of phenolic OH excluding ortho intramolecular Hbond substituents is 3. The molecule has 4 rings (SSSR count). The maximum absolute atomic E-state index is 13.6. The fourth-order valence-electron chi connectivity index (χ4n) is 4.14. The van der Waals surface area contributed by atoms with Gasteiger partial charge in [0.05, 0.1) is 26.4 Å². The molecule has 0 unspecified atom stereocenters. The molecule has 35 heavy (non-hydrogen) atoms. The first-order valence-electron chi connectivity index (χ1n) is 10.4. The maximum Gasteiger partial charge on any atom is 0.203 e. The minimum atomic E-state index is -1.84. The lowest BCUT2D eigenvalue weighted by atomic mass is 9.89. The Bertz CT molecular complexity index is 1290. The van der Waals surface area contributed by atoms with Crippen molar-refractivity contribution in [2.24, 2.45) is 0 Å². The Balaban J connectivity index is 2.08. The topological polar surface area (TPSA) is 200 Å². The number of hydrogen-bond donors (Lipinski definition) is 7. The van der Waals surface area contributed by atoms with Crippen molar-refractivity contribution >= 4 is 11.0 Å². The summed E-state index contributed by atoms with van der Waals surface area (Å²) in [6.07, 6.45) is -8.28. The Labute approximate surface area is 197 Å². The lowest BCUT2D eigenvalue weighted by Crippen LogP contribution is -2.55. The van der Waals surface area contributed by atoms with Crippen LogP contribution >= 0.6 is 0 Å². The van der Waals surface area contributed by atoms with E-state index in [0.717, 1.165) is 12.1 Å². The van der Waals surface area contributed by atoms with Crippen molar-refractivity contribution in [1.82, 2.24) is 0 Å². The summed E-state index contributed by atoms with van der Waals surface area (Å²) in [4.78, 5) is 13.6. The third kappa shape index (κ3) is 4.00. The number of aliphatic hydroxyl groups is 4. The number of methoxy groups -OCH3 is 2. The fraction of sp³-hybridized carbons (Fsp3) is 0.348. The van der Waals surface area contributed by atoms with Crippen molar-refractivity contribution in [2.45, 2.75) is 30.5 Å². The van der Waals surface area contributed by atoms with E-state index in [1.807, 2.05) is 0 Å². The molecule has 7 N–H and O–H groups in total. The monoisotopic (exact) mass is 492 g/mol. The molecular weight excluding hydrogens is 468 g/mol. The van der Waals surface area contributed by atoms with E-state index in [0.29, 0.717) is 0 Å². The van der Waals surface area contributed by atoms with E-state index in [4.69, 9.17) is 18.6 Å². The number of ether oxygens (including phenoxy) is 3. The highest BCUT2D eigenvalue weighted by Gasteiger charge is 2.46. The van der Waals surface area contributed by atoms with Gasteiger partial charge >= 0.3 is 0 Å². The van der Waals surface area contributed by atoms with E-state index in [1.165, 1.54) is 26.4 Å². The molecule has 5 atom stereocenters. The molecular formula is C23H24O12. The second kappa shape index (κ2) is 9.24. The molecule has 1 aromatic heterocycles. The highest BCUT2D eigenvalue weighted by atomic mass is 16.5. The van der Waals surface area contributed by atoms with Crippen LogP contribution in [0, 0.1) is 0 Å². The maximum atomic E-state index is 13.6. The summed E-state index contributed by atoms with van der Waals surface area (Å²) < 4.78 is 21.8. The van der Waals surface area contributed by atoms with Crippen LogP contribution in [-0.2, 0) is 4.74 Å². The molecule has 1 saturated heterocycles. The molecule has 0 saturated carbocycles. The molecule has 1 fully saturated rings. The van der Waals surface area contributed by atoms with E-state index in [1.54, 1.807) is 0 Å². The van der Waals surface area contributed by atoms with Crippen LogP contribution in [0.15, 0.2) is 33.5 Å². The molecule has 0 amide bonds. The number of aliphatic hydroxyl groups excluding tert-OH is 4. The minimum Gasteiger partial charge on any atom is -0.508 e. The van der Waals surface area contributed by atoms with Crippen molar-refractivity contribution < 1.29 is 54.4 Å². The molecule has 2 heterocycles. The zero-order chi connectivity index (χ0) is 25.6. The number of aromatic hydroxyl groups is 3. The van der Waals surface area contributed by atoms with Crippen molar-refractivity contribution in [3.8, 4) is 40.1 Å². The summed E-state index contributed by atoms with van der Waals surface area (Å²) in [6.45, 7) is -0.740. The van der Waals surface area contributed by atoms with Gasteiger partial charge in [0.15, 0.2) is 11.5 Å². The number of fused-ring (bicyclic) bond motifs is 1. The van der Waals surface area contributed by atoms with Crippen LogP contribution in [0.1, 0.15) is 11.7 Å². The molecule has 12 nitrogen and oxygen atoms in total. The molecule has 0 spiro atoms. The molecule has 3 aromatic rings. The second-order valence-corrected chi connectivity index (χ2v) is 7.99. The number of benzene rings is 2. The van der Waals surface area contributed by atoms with Gasteiger partial charge in [-0.05, 0) is 12.1 Å². The predicted octanol–water partition coefficient (Wildman–Crippen LogP) is 0.109. The Morgan fingerprint density at radius 2 is 1.54 bits per heavy atom. The molecule has 0 bridgehead atoms. The predicted molar refractivity (Wildman–Crippen MR) is 119 cm³/mol. The van der Waals surface area contributed by atoms with Gasteiger partial charge in [-0.2, -0.15) is 0 Å². The van der Waals surface area contributed by atoms with Gasteiger partial charge in [-0.25, -0.2) is 0 Å². The molecule has 0 aliphatic carbocycles. The summed E-state index contributed by atoms with van der Waals surface area (Å²) in [5.41, 5.74) is -1.37. The summed E-state index contributed by atoms with van der Waals surface area (Å²) in [5.74, 6) is -1.71. The van der Waals surface area contributed by atoms with E-state index in [9.17, 15) is 40.5 Å². The van der Waals surface area contributed by atoms with Crippen LogP contribution in [-0.4, -0.2) is 81.0 Å². The Morgan fingerprint density at radius 3 is 2.11 bits per heavy atom. The fourth-order valence-corrected chi connectivity index (χ4v) is 4.14. The summed E-state index contributed by atoms with van der Waals surface area (Å²) >= 11 is 0. The first-order chi connectivity index (χ1) is 16.6. The van der Waals surface area contributed by atoms with Gasteiger partial charge in [0, 0.05) is 17.7 Å². The molecule has 1 aliphatic rings. The molecule has 188 valence electrons. The minimum absolute atomic E-state index is 0.0550.